The van der Waals surface area contributed by atoms with Crippen LogP contribution in [0.15, 0.2) is 65.6 Å². The normalized spacial score (nSPS) is 15.6. The number of rotatable bonds is 5. The van der Waals surface area contributed by atoms with Gasteiger partial charge in [-0.25, -0.2) is 0 Å². The predicted molar refractivity (Wildman–Crippen MR) is 106 cm³/mol. The van der Waals surface area contributed by atoms with Crippen LogP contribution in [0.3, 0.4) is 0 Å². The third-order valence-electron chi connectivity index (χ3n) is 4.47. The third-order valence-corrected chi connectivity index (χ3v) is 5.27. The van der Waals surface area contributed by atoms with Crippen LogP contribution < -0.4 is 0 Å². The molecule has 0 radical (unpaired) electrons. The van der Waals surface area contributed by atoms with Crippen LogP contribution in [0.4, 0.5) is 0 Å². The molecule has 0 aliphatic carbocycles. The van der Waals surface area contributed by atoms with Crippen molar-refractivity contribution in [3.8, 4) is 0 Å². The molecule has 0 N–H and O–H groups in total. The van der Waals surface area contributed by atoms with Gasteiger partial charge in [0.25, 0.3) is 5.91 Å². The van der Waals surface area contributed by atoms with Crippen molar-refractivity contribution in [3.63, 3.8) is 0 Å². The van der Waals surface area contributed by atoms with E-state index in [1.54, 1.807) is 11.8 Å². The van der Waals surface area contributed by atoms with Crippen molar-refractivity contribution >= 4 is 23.7 Å². The standard InChI is InChI=1S/C21H24N2OS/c1-25-20-12-6-5-11-19(20)21(24)23-16-14-22(15-17-23)13-7-10-18-8-3-2-4-9-18/h2-12H,13-17H2,1H3/b10-7+. The van der Waals surface area contributed by atoms with Gasteiger partial charge < -0.3 is 4.90 Å². The zero-order valence-corrected chi connectivity index (χ0v) is 15.4. The maximum atomic E-state index is 12.8. The molecule has 0 unspecified atom stereocenters. The lowest BCUT2D eigenvalue weighted by Gasteiger charge is -2.34. The molecule has 1 amide bonds. The molecule has 2 aromatic carbocycles. The average Bonchev–Trinajstić information content (AvgIpc) is 2.69. The molecule has 0 atom stereocenters. The number of benzene rings is 2. The second-order valence-electron chi connectivity index (χ2n) is 6.11. The van der Waals surface area contributed by atoms with Crippen LogP contribution in [0.2, 0.25) is 0 Å². The van der Waals surface area contributed by atoms with Gasteiger partial charge in [0, 0.05) is 37.6 Å². The highest BCUT2D eigenvalue weighted by molar-refractivity contribution is 7.98. The monoisotopic (exact) mass is 352 g/mol. The van der Waals surface area contributed by atoms with Crippen LogP contribution in [0.1, 0.15) is 15.9 Å². The van der Waals surface area contributed by atoms with E-state index in [1.807, 2.05) is 41.5 Å². The van der Waals surface area contributed by atoms with E-state index in [2.05, 4.69) is 41.3 Å². The maximum absolute atomic E-state index is 12.8. The first-order chi connectivity index (χ1) is 12.3. The van der Waals surface area contributed by atoms with E-state index < -0.39 is 0 Å². The molecule has 130 valence electrons. The van der Waals surface area contributed by atoms with Gasteiger partial charge in [0.05, 0.1) is 5.56 Å². The highest BCUT2D eigenvalue weighted by atomic mass is 32.2. The molecular weight excluding hydrogens is 328 g/mol. The fraction of sp³-hybridized carbons (Fsp3) is 0.286. The van der Waals surface area contributed by atoms with Crippen LogP contribution in [-0.4, -0.2) is 54.7 Å². The molecule has 0 saturated carbocycles. The summed E-state index contributed by atoms with van der Waals surface area (Å²) in [7, 11) is 0. The van der Waals surface area contributed by atoms with E-state index in [0.717, 1.165) is 43.2 Å². The van der Waals surface area contributed by atoms with Crippen LogP contribution >= 0.6 is 11.8 Å². The molecule has 0 aromatic heterocycles. The van der Waals surface area contributed by atoms with Gasteiger partial charge in [-0.15, -0.1) is 11.8 Å². The number of amides is 1. The highest BCUT2D eigenvalue weighted by Crippen LogP contribution is 2.21. The summed E-state index contributed by atoms with van der Waals surface area (Å²) in [6.07, 6.45) is 6.38. The summed E-state index contributed by atoms with van der Waals surface area (Å²) in [5.41, 5.74) is 2.05. The Labute approximate surface area is 154 Å². The SMILES string of the molecule is CSc1ccccc1C(=O)N1CCN(C/C=C/c2ccccc2)CC1. The number of carbonyl (C=O) groups excluding carboxylic acids is 1. The van der Waals surface area contributed by atoms with Gasteiger partial charge in [0.15, 0.2) is 0 Å². The molecule has 2 aromatic rings. The second-order valence-corrected chi connectivity index (χ2v) is 6.95. The Morgan fingerprint density at radius 1 is 1.00 bits per heavy atom. The minimum atomic E-state index is 0.157. The van der Waals surface area contributed by atoms with E-state index in [0.29, 0.717) is 0 Å². The average molecular weight is 353 g/mol. The molecule has 4 heteroatoms. The third kappa shape index (κ3) is 4.74. The van der Waals surface area contributed by atoms with Crippen molar-refractivity contribution in [2.24, 2.45) is 0 Å². The van der Waals surface area contributed by atoms with Crippen molar-refractivity contribution in [2.75, 3.05) is 39.0 Å². The summed E-state index contributed by atoms with van der Waals surface area (Å²) in [6, 6.07) is 18.2. The Kier molecular flexibility index (Phi) is 6.31. The largest absolute Gasteiger partial charge is 0.336 e. The summed E-state index contributed by atoms with van der Waals surface area (Å²) in [5, 5.41) is 0. The Morgan fingerprint density at radius 3 is 2.40 bits per heavy atom. The fourth-order valence-corrected chi connectivity index (χ4v) is 3.62. The molecule has 3 nitrogen and oxygen atoms in total. The van der Waals surface area contributed by atoms with Gasteiger partial charge in [-0.05, 0) is 24.0 Å². The van der Waals surface area contributed by atoms with Gasteiger partial charge in [0.2, 0.25) is 0 Å². The van der Waals surface area contributed by atoms with Gasteiger partial charge in [-0.2, -0.15) is 0 Å². The van der Waals surface area contributed by atoms with Crippen molar-refractivity contribution in [3.05, 3.63) is 71.8 Å². The summed E-state index contributed by atoms with van der Waals surface area (Å²) in [6.45, 7) is 4.36. The number of thioether (sulfide) groups is 1. The summed E-state index contributed by atoms with van der Waals surface area (Å²) in [4.78, 5) is 18.2. The lowest BCUT2D eigenvalue weighted by Crippen LogP contribution is -2.48. The summed E-state index contributed by atoms with van der Waals surface area (Å²) < 4.78 is 0. The molecule has 1 fully saturated rings. The van der Waals surface area contributed by atoms with Crippen molar-refractivity contribution in [1.29, 1.82) is 0 Å². The molecule has 1 heterocycles. The summed E-state index contributed by atoms with van der Waals surface area (Å²) >= 11 is 1.63. The van der Waals surface area contributed by atoms with E-state index in [1.165, 1.54) is 5.56 Å². The number of carbonyl (C=O) groups is 1. The summed E-state index contributed by atoms with van der Waals surface area (Å²) in [5.74, 6) is 0.157. The maximum Gasteiger partial charge on any atom is 0.255 e. The zero-order chi connectivity index (χ0) is 17.5. The molecule has 1 saturated heterocycles. The Hall–Kier alpha value is -2.04. The van der Waals surface area contributed by atoms with Gasteiger partial charge in [-0.1, -0.05) is 54.6 Å². The first kappa shape index (κ1) is 17.8. The van der Waals surface area contributed by atoms with Crippen LogP contribution in [0, 0.1) is 0 Å². The van der Waals surface area contributed by atoms with E-state index in [-0.39, 0.29) is 5.91 Å². The van der Waals surface area contributed by atoms with E-state index >= 15 is 0 Å². The molecule has 25 heavy (non-hydrogen) atoms. The van der Waals surface area contributed by atoms with E-state index in [4.69, 9.17) is 0 Å². The minimum absolute atomic E-state index is 0.157. The molecule has 0 spiro atoms. The Morgan fingerprint density at radius 2 is 1.68 bits per heavy atom. The lowest BCUT2D eigenvalue weighted by atomic mass is 10.1. The first-order valence-corrected chi connectivity index (χ1v) is 9.86. The van der Waals surface area contributed by atoms with Gasteiger partial charge in [0.1, 0.15) is 0 Å². The Bertz CT molecular complexity index is 722. The van der Waals surface area contributed by atoms with Gasteiger partial charge >= 0.3 is 0 Å². The lowest BCUT2D eigenvalue weighted by molar-refractivity contribution is 0.0647. The van der Waals surface area contributed by atoms with Crippen LogP contribution in [0.5, 0.6) is 0 Å². The van der Waals surface area contributed by atoms with Crippen molar-refractivity contribution in [1.82, 2.24) is 9.80 Å². The quantitative estimate of drug-likeness (QED) is 0.763. The first-order valence-electron chi connectivity index (χ1n) is 8.64. The van der Waals surface area contributed by atoms with Crippen LogP contribution in [0.25, 0.3) is 6.08 Å². The highest BCUT2D eigenvalue weighted by Gasteiger charge is 2.22. The minimum Gasteiger partial charge on any atom is -0.336 e. The topological polar surface area (TPSA) is 23.6 Å². The van der Waals surface area contributed by atoms with Crippen molar-refractivity contribution < 1.29 is 4.79 Å². The number of hydrogen-bond donors (Lipinski definition) is 0. The molecule has 0 bridgehead atoms. The smallest absolute Gasteiger partial charge is 0.255 e. The fourth-order valence-electron chi connectivity index (χ4n) is 3.03. The molecule has 1 aliphatic rings. The predicted octanol–water partition coefficient (Wildman–Crippen LogP) is 3.88. The second kappa shape index (κ2) is 8.88. The number of piperazine rings is 1. The van der Waals surface area contributed by atoms with E-state index in [9.17, 15) is 4.79 Å². The Balaban J connectivity index is 1.51. The number of hydrogen-bond acceptors (Lipinski definition) is 3. The van der Waals surface area contributed by atoms with Gasteiger partial charge in [-0.3, -0.25) is 9.69 Å². The van der Waals surface area contributed by atoms with Crippen LogP contribution in [-0.2, 0) is 0 Å². The zero-order valence-electron chi connectivity index (χ0n) is 14.6. The van der Waals surface area contributed by atoms with Crippen molar-refractivity contribution in [2.45, 2.75) is 4.90 Å². The number of nitrogens with zero attached hydrogens (tertiary/aromatic N) is 2. The molecule has 3 rings (SSSR count). The molecular formula is C21H24N2OS. The molecule has 1 aliphatic heterocycles.